The minimum absolute atomic E-state index is 0.381. The lowest BCUT2D eigenvalue weighted by Gasteiger charge is -2.51. The van der Waals surface area contributed by atoms with Crippen LogP contribution in [0, 0.1) is 5.41 Å². The van der Waals surface area contributed by atoms with Crippen molar-refractivity contribution in [2.45, 2.75) is 44.9 Å². The highest BCUT2D eigenvalue weighted by Crippen LogP contribution is 2.51. The summed E-state index contributed by atoms with van der Waals surface area (Å²) in [6.45, 7) is 6.73. The molecule has 1 saturated heterocycles. The molecule has 0 N–H and O–H groups in total. The third kappa shape index (κ3) is 1.28. The summed E-state index contributed by atoms with van der Waals surface area (Å²) in [6.07, 6.45) is 11.8. The highest BCUT2D eigenvalue weighted by molar-refractivity contribution is 5.32. The fourth-order valence-electron chi connectivity index (χ4n) is 3.94. The molecule has 0 aromatic heterocycles. The molecule has 1 nitrogen and oxygen atoms in total. The molecule has 1 heteroatoms. The van der Waals surface area contributed by atoms with Crippen LogP contribution in [0.4, 0.5) is 0 Å². The molecule has 0 radical (unpaired) electrons. The second-order valence-corrected chi connectivity index (χ2v) is 5.36. The minimum Gasteiger partial charge on any atom is -0.374 e. The summed E-state index contributed by atoms with van der Waals surface area (Å²) in [5.74, 6) is 0. The van der Waals surface area contributed by atoms with Crippen molar-refractivity contribution in [2.75, 3.05) is 13.1 Å². The predicted molar refractivity (Wildman–Crippen MR) is 63.5 cm³/mol. The molecule has 0 aromatic carbocycles. The Balaban J connectivity index is 2.09. The topological polar surface area (TPSA) is 3.24 Å². The normalized spacial score (nSPS) is 35.1. The van der Waals surface area contributed by atoms with Crippen molar-refractivity contribution < 1.29 is 0 Å². The smallest absolute Gasteiger partial charge is 0.0279 e. The summed E-state index contributed by atoms with van der Waals surface area (Å²) in [7, 11) is 0. The third-order valence-electron chi connectivity index (χ3n) is 4.57. The highest BCUT2D eigenvalue weighted by atomic mass is 15.2. The van der Waals surface area contributed by atoms with Gasteiger partial charge in [-0.1, -0.05) is 11.6 Å². The van der Waals surface area contributed by atoms with Gasteiger partial charge < -0.3 is 4.90 Å². The van der Waals surface area contributed by atoms with Gasteiger partial charge >= 0.3 is 0 Å². The Morgan fingerprint density at radius 1 is 1.07 bits per heavy atom. The summed E-state index contributed by atoms with van der Waals surface area (Å²) in [6, 6.07) is 0. The molecule has 3 aliphatic rings. The molecule has 3 rings (SSSR count). The maximum absolute atomic E-state index is 4.13. The van der Waals surface area contributed by atoms with Crippen molar-refractivity contribution in [3.8, 4) is 0 Å². The van der Waals surface area contributed by atoms with Gasteiger partial charge in [-0.05, 0) is 44.9 Å². The molecule has 15 heavy (non-hydrogen) atoms. The largest absolute Gasteiger partial charge is 0.374 e. The number of allylic oxidation sites excluding steroid dienone is 2. The van der Waals surface area contributed by atoms with Crippen molar-refractivity contribution in [3.05, 3.63) is 23.9 Å². The zero-order valence-corrected chi connectivity index (χ0v) is 9.60. The number of hydrogen-bond donors (Lipinski definition) is 0. The summed E-state index contributed by atoms with van der Waals surface area (Å²) in [4.78, 5) is 2.67. The maximum atomic E-state index is 4.13. The fraction of sp³-hybridized carbons (Fsp3) is 0.714. The van der Waals surface area contributed by atoms with E-state index in [1.807, 2.05) is 0 Å². The zero-order chi connectivity index (χ0) is 10.3. The zero-order valence-electron chi connectivity index (χ0n) is 9.60. The highest BCUT2D eigenvalue weighted by Gasteiger charge is 2.42. The average Bonchev–Trinajstić information content (AvgIpc) is 2.30. The molecule has 1 unspecified atom stereocenters. The van der Waals surface area contributed by atoms with Crippen LogP contribution < -0.4 is 0 Å². The van der Waals surface area contributed by atoms with Crippen LogP contribution in [0.1, 0.15) is 44.9 Å². The van der Waals surface area contributed by atoms with E-state index >= 15 is 0 Å². The molecule has 2 heterocycles. The maximum Gasteiger partial charge on any atom is 0.0279 e. The summed E-state index contributed by atoms with van der Waals surface area (Å²) in [5.41, 5.74) is 3.86. The van der Waals surface area contributed by atoms with Gasteiger partial charge in [-0.15, -0.1) is 6.58 Å². The SMILES string of the molecule is C=CC12CCCC3=C1N(CCC3)CCC2. The Hall–Kier alpha value is -0.720. The van der Waals surface area contributed by atoms with Crippen LogP contribution in [-0.2, 0) is 0 Å². The van der Waals surface area contributed by atoms with Crippen LogP contribution in [0.25, 0.3) is 0 Å². The van der Waals surface area contributed by atoms with Crippen LogP contribution >= 0.6 is 0 Å². The molecular formula is C14H21N. The second kappa shape index (κ2) is 3.40. The van der Waals surface area contributed by atoms with E-state index in [-0.39, 0.29) is 0 Å². The van der Waals surface area contributed by atoms with E-state index in [1.54, 1.807) is 11.3 Å². The van der Waals surface area contributed by atoms with E-state index in [0.29, 0.717) is 5.41 Å². The summed E-state index contributed by atoms with van der Waals surface area (Å²) >= 11 is 0. The van der Waals surface area contributed by atoms with Crippen LogP contribution in [0.15, 0.2) is 23.9 Å². The molecule has 1 fully saturated rings. The predicted octanol–water partition coefficient (Wildman–Crippen LogP) is 3.49. The van der Waals surface area contributed by atoms with Crippen molar-refractivity contribution in [1.82, 2.24) is 4.90 Å². The first-order valence-electron chi connectivity index (χ1n) is 6.47. The first kappa shape index (κ1) is 9.50. The molecule has 0 amide bonds. The Kier molecular flexibility index (Phi) is 2.15. The fourth-order valence-corrected chi connectivity index (χ4v) is 3.94. The van der Waals surface area contributed by atoms with Gasteiger partial charge in [-0.3, -0.25) is 0 Å². The van der Waals surface area contributed by atoms with E-state index in [1.165, 1.54) is 58.0 Å². The van der Waals surface area contributed by atoms with Gasteiger partial charge in [0.1, 0.15) is 0 Å². The van der Waals surface area contributed by atoms with E-state index < -0.39 is 0 Å². The molecule has 2 aliphatic heterocycles. The van der Waals surface area contributed by atoms with Crippen molar-refractivity contribution in [3.63, 3.8) is 0 Å². The van der Waals surface area contributed by atoms with E-state index in [4.69, 9.17) is 0 Å². The lowest BCUT2D eigenvalue weighted by Crippen LogP contribution is -2.44. The first-order chi connectivity index (χ1) is 7.36. The Morgan fingerprint density at radius 2 is 1.80 bits per heavy atom. The van der Waals surface area contributed by atoms with Gasteiger partial charge in [0.15, 0.2) is 0 Å². The lowest BCUT2D eigenvalue weighted by atomic mass is 9.66. The van der Waals surface area contributed by atoms with Crippen LogP contribution in [0.5, 0.6) is 0 Å². The standard InChI is InChI=1S/C14H21N/c1-2-14-8-3-6-12-7-4-10-15(13(12)14)11-5-9-14/h2H,1,3-11H2. The quantitative estimate of drug-likeness (QED) is 0.590. The summed E-state index contributed by atoms with van der Waals surface area (Å²) < 4.78 is 0. The van der Waals surface area contributed by atoms with E-state index in [9.17, 15) is 0 Å². The van der Waals surface area contributed by atoms with Gasteiger partial charge in [0.05, 0.1) is 0 Å². The number of nitrogens with zero attached hydrogens (tertiary/aromatic N) is 1. The minimum atomic E-state index is 0.381. The van der Waals surface area contributed by atoms with Gasteiger partial charge in [-0.2, -0.15) is 0 Å². The monoisotopic (exact) mass is 203 g/mol. The molecular weight excluding hydrogens is 182 g/mol. The number of piperidine rings is 1. The molecule has 82 valence electrons. The Labute approximate surface area is 92.8 Å². The van der Waals surface area contributed by atoms with E-state index in [0.717, 1.165) is 0 Å². The van der Waals surface area contributed by atoms with Crippen molar-refractivity contribution >= 4 is 0 Å². The van der Waals surface area contributed by atoms with Crippen molar-refractivity contribution in [1.29, 1.82) is 0 Å². The Morgan fingerprint density at radius 3 is 2.67 bits per heavy atom. The molecule has 0 aromatic rings. The Bertz CT molecular complexity index is 311. The van der Waals surface area contributed by atoms with Gasteiger partial charge in [0.25, 0.3) is 0 Å². The van der Waals surface area contributed by atoms with Gasteiger partial charge in [0, 0.05) is 24.2 Å². The lowest BCUT2D eigenvalue weighted by molar-refractivity contribution is 0.152. The van der Waals surface area contributed by atoms with Crippen LogP contribution in [0.2, 0.25) is 0 Å². The number of rotatable bonds is 1. The summed E-state index contributed by atoms with van der Waals surface area (Å²) in [5, 5.41) is 0. The van der Waals surface area contributed by atoms with Crippen LogP contribution in [0.3, 0.4) is 0 Å². The van der Waals surface area contributed by atoms with E-state index in [2.05, 4.69) is 17.6 Å². The molecule has 0 bridgehead atoms. The third-order valence-corrected chi connectivity index (χ3v) is 4.57. The second-order valence-electron chi connectivity index (χ2n) is 5.36. The van der Waals surface area contributed by atoms with Crippen molar-refractivity contribution in [2.24, 2.45) is 5.41 Å². The number of hydrogen-bond acceptors (Lipinski definition) is 1. The molecule has 1 aliphatic carbocycles. The van der Waals surface area contributed by atoms with Crippen LogP contribution in [-0.4, -0.2) is 18.0 Å². The molecule has 1 atom stereocenters. The van der Waals surface area contributed by atoms with Gasteiger partial charge in [0.2, 0.25) is 0 Å². The van der Waals surface area contributed by atoms with Gasteiger partial charge in [-0.25, -0.2) is 0 Å². The molecule has 0 spiro atoms. The molecule has 0 saturated carbocycles. The first-order valence-corrected chi connectivity index (χ1v) is 6.47. The average molecular weight is 203 g/mol.